The van der Waals surface area contributed by atoms with Crippen molar-refractivity contribution < 1.29 is 31.5 Å². The Hall–Kier alpha value is -3.02. The first-order valence-corrected chi connectivity index (χ1v) is 8.33. The van der Waals surface area contributed by atoms with Crippen LogP contribution in [-0.4, -0.2) is 34.5 Å². The Labute approximate surface area is 164 Å². The van der Waals surface area contributed by atoms with Gasteiger partial charge in [0.25, 0.3) is 0 Å². The molecule has 0 bridgehead atoms. The lowest BCUT2D eigenvalue weighted by molar-refractivity contribution is -0.145. The molecule has 3 amide bonds. The fraction of sp³-hybridized carbons (Fsp3) is 0.250. The number of benzene rings is 1. The lowest BCUT2D eigenvalue weighted by Gasteiger charge is -2.22. The Morgan fingerprint density at radius 1 is 1.24 bits per heavy atom. The van der Waals surface area contributed by atoms with Crippen LogP contribution in [0, 0.1) is 11.6 Å². The molecule has 0 aliphatic carbocycles. The molecule has 2 aromatic rings. The average Bonchev–Trinajstić information content (AvgIpc) is 3.11. The molecule has 154 valence electrons. The third-order valence-electron chi connectivity index (χ3n) is 4.01. The van der Waals surface area contributed by atoms with Crippen molar-refractivity contribution in [3.05, 3.63) is 58.1 Å². The molecule has 0 saturated carbocycles. The van der Waals surface area contributed by atoms with Crippen molar-refractivity contribution in [1.82, 2.24) is 25.9 Å². The Balaban J connectivity index is 1.99. The normalized spacial score (nSPS) is 17.4. The van der Waals surface area contributed by atoms with Crippen LogP contribution in [0.2, 0.25) is 5.02 Å². The minimum absolute atomic E-state index is 0.0620. The second-order valence-electron chi connectivity index (χ2n) is 5.95. The summed E-state index contributed by atoms with van der Waals surface area (Å²) in [4.78, 5) is 30.0. The van der Waals surface area contributed by atoms with Gasteiger partial charge in [-0.05, 0) is 6.07 Å². The Kier molecular flexibility index (Phi) is 5.55. The molecular formula is C16H11ClF5N5O2. The summed E-state index contributed by atoms with van der Waals surface area (Å²) in [6, 6.07) is -1.20. The first-order chi connectivity index (χ1) is 13.6. The summed E-state index contributed by atoms with van der Waals surface area (Å²) in [6.07, 6.45) is -3.30. The van der Waals surface area contributed by atoms with Crippen molar-refractivity contribution in [3.63, 3.8) is 0 Å². The number of urea groups is 1. The first-order valence-electron chi connectivity index (χ1n) is 7.95. The molecule has 13 heteroatoms. The van der Waals surface area contributed by atoms with E-state index in [4.69, 9.17) is 11.6 Å². The van der Waals surface area contributed by atoms with Crippen molar-refractivity contribution in [2.45, 2.75) is 18.3 Å². The largest absolute Gasteiger partial charge is 0.451 e. The van der Waals surface area contributed by atoms with E-state index >= 15 is 0 Å². The van der Waals surface area contributed by atoms with Gasteiger partial charge in [-0.3, -0.25) is 4.79 Å². The lowest BCUT2D eigenvalue weighted by Crippen LogP contribution is -2.44. The summed E-state index contributed by atoms with van der Waals surface area (Å²) in [5, 5.41) is 6.18. The van der Waals surface area contributed by atoms with Gasteiger partial charge in [0.1, 0.15) is 22.7 Å². The van der Waals surface area contributed by atoms with Crippen LogP contribution in [0.4, 0.5) is 26.7 Å². The zero-order chi connectivity index (χ0) is 21.3. The summed E-state index contributed by atoms with van der Waals surface area (Å²) in [7, 11) is 0. The molecular weight excluding hydrogens is 425 g/mol. The molecule has 1 aromatic heterocycles. The van der Waals surface area contributed by atoms with Crippen molar-refractivity contribution in [2.75, 3.05) is 6.54 Å². The number of alkyl halides is 3. The Bertz CT molecular complexity index is 954. The molecule has 3 N–H and O–H groups in total. The van der Waals surface area contributed by atoms with Crippen LogP contribution in [0.1, 0.15) is 23.0 Å². The topological polar surface area (TPSA) is 96.0 Å². The van der Waals surface area contributed by atoms with E-state index in [-0.39, 0.29) is 17.7 Å². The monoisotopic (exact) mass is 435 g/mol. The highest BCUT2D eigenvalue weighted by Gasteiger charge is 2.35. The van der Waals surface area contributed by atoms with Crippen LogP contribution in [0.15, 0.2) is 24.5 Å². The predicted octanol–water partition coefficient (Wildman–Crippen LogP) is 2.31. The van der Waals surface area contributed by atoms with Crippen LogP contribution in [0.5, 0.6) is 0 Å². The van der Waals surface area contributed by atoms with E-state index in [2.05, 4.69) is 25.9 Å². The fourth-order valence-corrected chi connectivity index (χ4v) is 2.77. The van der Waals surface area contributed by atoms with Crippen LogP contribution in [-0.2, 0) is 11.0 Å². The molecule has 1 unspecified atom stereocenters. The number of carbonyl (C=O) groups excluding carboxylic acids is 2. The molecule has 1 aliphatic rings. The van der Waals surface area contributed by atoms with Gasteiger partial charge < -0.3 is 16.0 Å². The van der Waals surface area contributed by atoms with Gasteiger partial charge in [0, 0.05) is 30.1 Å². The van der Waals surface area contributed by atoms with E-state index in [9.17, 15) is 31.5 Å². The molecule has 29 heavy (non-hydrogen) atoms. The summed E-state index contributed by atoms with van der Waals surface area (Å²) < 4.78 is 66.1. The minimum atomic E-state index is -4.80. The number of nitrogens with one attached hydrogen (secondary N) is 3. The molecule has 1 aromatic carbocycles. The quantitative estimate of drug-likeness (QED) is 0.507. The molecule has 0 spiro atoms. The zero-order valence-corrected chi connectivity index (χ0v) is 14.9. The number of carbonyl (C=O) groups is 2. The molecule has 7 nitrogen and oxygen atoms in total. The van der Waals surface area contributed by atoms with Crippen LogP contribution in [0.3, 0.4) is 0 Å². The van der Waals surface area contributed by atoms with E-state index in [0.717, 1.165) is 24.5 Å². The smallest absolute Gasteiger partial charge is 0.343 e. The highest BCUT2D eigenvalue weighted by Crippen LogP contribution is 2.31. The highest BCUT2D eigenvalue weighted by atomic mass is 35.5. The molecule has 3 rings (SSSR count). The number of rotatable bonds is 4. The summed E-state index contributed by atoms with van der Waals surface area (Å²) in [5.41, 5.74) is -0.449. The molecule has 0 radical (unpaired) electrons. The number of nitrogens with zero attached hydrogens (tertiary/aromatic N) is 2. The maximum Gasteiger partial charge on any atom is 0.451 e. The van der Waals surface area contributed by atoms with E-state index in [0.29, 0.717) is 0 Å². The van der Waals surface area contributed by atoms with Gasteiger partial charge in [0.2, 0.25) is 11.7 Å². The van der Waals surface area contributed by atoms with Gasteiger partial charge in [0.05, 0.1) is 6.04 Å². The predicted molar refractivity (Wildman–Crippen MR) is 88.7 cm³/mol. The number of aromatic nitrogens is 2. The van der Waals surface area contributed by atoms with Gasteiger partial charge in [0.15, 0.2) is 0 Å². The third kappa shape index (κ3) is 4.36. The Morgan fingerprint density at radius 3 is 2.45 bits per heavy atom. The summed E-state index contributed by atoms with van der Waals surface area (Å²) in [6.45, 7) is -0.0620. The van der Waals surface area contributed by atoms with Crippen molar-refractivity contribution >= 4 is 23.5 Å². The van der Waals surface area contributed by atoms with Gasteiger partial charge in [-0.1, -0.05) is 17.7 Å². The Morgan fingerprint density at radius 2 is 1.90 bits per heavy atom. The summed E-state index contributed by atoms with van der Waals surface area (Å²) >= 11 is 5.57. The number of hydrogen-bond acceptors (Lipinski definition) is 4. The lowest BCUT2D eigenvalue weighted by atomic mass is 9.99. The minimum Gasteiger partial charge on any atom is -0.343 e. The van der Waals surface area contributed by atoms with E-state index in [1.807, 2.05) is 0 Å². The zero-order valence-electron chi connectivity index (χ0n) is 14.1. The van der Waals surface area contributed by atoms with Crippen molar-refractivity contribution in [1.29, 1.82) is 0 Å². The summed E-state index contributed by atoms with van der Waals surface area (Å²) in [5.74, 6) is -4.48. The second kappa shape index (κ2) is 7.78. The van der Waals surface area contributed by atoms with E-state index < -0.39 is 52.7 Å². The van der Waals surface area contributed by atoms with Gasteiger partial charge >= 0.3 is 12.2 Å². The number of hydrogen-bond donors (Lipinski definition) is 3. The van der Waals surface area contributed by atoms with Crippen LogP contribution < -0.4 is 16.0 Å². The third-order valence-corrected chi connectivity index (χ3v) is 4.36. The highest BCUT2D eigenvalue weighted by molar-refractivity contribution is 6.31. The fourth-order valence-electron chi connectivity index (χ4n) is 2.59. The molecule has 2 atom stereocenters. The van der Waals surface area contributed by atoms with Crippen molar-refractivity contribution in [2.24, 2.45) is 0 Å². The maximum absolute atomic E-state index is 14.5. The van der Waals surface area contributed by atoms with E-state index in [1.165, 1.54) is 0 Å². The van der Waals surface area contributed by atoms with Crippen LogP contribution in [0.25, 0.3) is 0 Å². The van der Waals surface area contributed by atoms with Crippen molar-refractivity contribution in [3.8, 4) is 0 Å². The van der Waals surface area contributed by atoms with Gasteiger partial charge in [-0.25, -0.2) is 23.5 Å². The first kappa shape index (κ1) is 20.7. The molecule has 2 heterocycles. The molecule has 1 saturated heterocycles. The van der Waals surface area contributed by atoms with Crippen LogP contribution >= 0.6 is 11.6 Å². The molecule has 1 fully saturated rings. The second-order valence-corrected chi connectivity index (χ2v) is 6.33. The SMILES string of the molecule is O=C1NC[C@@H](C(=O)NC(c2cnc(C(F)(F)F)nc2)c2ccc(F)c(Cl)c2F)N1. The molecule has 1 aliphatic heterocycles. The number of halogens is 6. The number of amides is 3. The standard InChI is InChI=1S/C16H11ClF5N5O2/c17-10-8(18)2-1-7(11(10)19)12(27-13(28)9-5-25-15(29)26-9)6-3-23-14(24-4-6)16(20,21)22/h1-4,9,12H,5H2,(H,27,28)(H2,25,26,29)/t9-,12?/m0/s1. The van der Waals surface area contributed by atoms with E-state index in [1.54, 1.807) is 0 Å². The van der Waals surface area contributed by atoms with Gasteiger partial charge in [-0.2, -0.15) is 13.2 Å². The average molecular weight is 436 g/mol. The maximum atomic E-state index is 14.5. The van der Waals surface area contributed by atoms with Gasteiger partial charge in [-0.15, -0.1) is 0 Å².